The fourth-order valence-electron chi connectivity index (χ4n) is 3.75. The molecule has 2 fully saturated rings. The Bertz CT molecular complexity index is 758. The lowest BCUT2D eigenvalue weighted by atomic mass is 9.92. The van der Waals surface area contributed by atoms with Gasteiger partial charge in [0.05, 0.1) is 10.8 Å². The van der Waals surface area contributed by atoms with Gasteiger partial charge in [0.1, 0.15) is 0 Å². The molecule has 0 saturated carbocycles. The van der Waals surface area contributed by atoms with Crippen LogP contribution in [0.1, 0.15) is 25.7 Å². The molecule has 2 saturated heterocycles. The molecule has 0 aliphatic carbocycles. The lowest BCUT2D eigenvalue weighted by Crippen LogP contribution is -2.48. The van der Waals surface area contributed by atoms with Gasteiger partial charge in [0.25, 0.3) is 0 Å². The van der Waals surface area contributed by atoms with E-state index in [0.29, 0.717) is 39.0 Å². The topological polar surface area (TPSA) is 101 Å². The molecule has 0 radical (unpaired) electrons. The van der Waals surface area contributed by atoms with Crippen LogP contribution >= 0.6 is 0 Å². The Morgan fingerprint density at radius 2 is 1.62 bits per heavy atom. The number of hydrogen-bond acceptors (Lipinski definition) is 4. The van der Waals surface area contributed by atoms with E-state index in [1.54, 1.807) is 35.2 Å². The van der Waals surface area contributed by atoms with Gasteiger partial charge >= 0.3 is 0 Å². The van der Waals surface area contributed by atoms with Crippen LogP contribution in [0.15, 0.2) is 35.2 Å². The highest BCUT2D eigenvalue weighted by Crippen LogP contribution is 2.26. The molecule has 0 bridgehead atoms. The van der Waals surface area contributed by atoms with Crippen LogP contribution in [-0.2, 0) is 19.6 Å². The summed E-state index contributed by atoms with van der Waals surface area (Å²) in [6.07, 6.45) is 2.51. The smallest absolute Gasteiger partial charge is 0.243 e. The number of likely N-dealkylation sites (tertiary alicyclic amines) is 1. The van der Waals surface area contributed by atoms with Gasteiger partial charge in [0.15, 0.2) is 0 Å². The molecule has 1 atom stereocenters. The first-order valence-corrected chi connectivity index (χ1v) is 10.5. The average Bonchev–Trinajstić information content (AvgIpc) is 2.68. The summed E-state index contributed by atoms with van der Waals surface area (Å²) in [7, 11) is -3.51. The number of nitrogens with zero attached hydrogens (tertiary/aromatic N) is 2. The largest absolute Gasteiger partial charge is 0.369 e. The molecular formula is C18H25N3O4S. The van der Waals surface area contributed by atoms with Crippen LogP contribution in [0, 0.1) is 11.8 Å². The third kappa shape index (κ3) is 3.91. The molecule has 142 valence electrons. The number of carbonyl (C=O) groups excluding carboxylic acids is 2. The van der Waals surface area contributed by atoms with Crippen molar-refractivity contribution in [1.82, 2.24) is 9.21 Å². The van der Waals surface area contributed by atoms with Gasteiger partial charge in [0, 0.05) is 32.1 Å². The Morgan fingerprint density at radius 3 is 2.23 bits per heavy atom. The van der Waals surface area contributed by atoms with Crippen LogP contribution in [0.25, 0.3) is 0 Å². The first-order valence-electron chi connectivity index (χ1n) is 9.03. The summed E-state index contributed by atoms with van der Waals surface area (Å²) >= 11 is 0. The van der Waals surface area contributed by atoms with Gasteiger partial charge in [0.2, 0.25) is 21.8 Å². The van der Waals surface area contributed by atoms with Crippen LogP contribution in [0.3, 0.4) is 0 Å². The molecule has 7 nitrogen and oxygen atoms in total. The van der Waals surface area contributed by atoms with Crippen molar-refractivity contribution in [2.24, 2.45) is 17.6 Å². The normalized spacial score (nSPS) is 22.9. The molecule has 3 rings (SSSR count). The number of amides is 2. The molecule has 26 heavy (non-hydrogen) atoms. The van der Waals surface area contributed by atoms with Gasteiger partial charge in [-0.1, -0.05) is 18.2 Å². The van der Waals surface area contributed by atoms with Crippen molar-refractivity contribution in [2.45, 2.75) is 30.6 Å². The van der Waals surface area contributed by atoms with Crippen molar-refractivity contribution < 1.29 is 18.0 Å². The lowest BCUT2D eigenvalue weighted by Gasteiger charge is -2.36. The standard InChI is InChI=1S/C18H25N3O4S/c19-17(22)15-5-4-10-20(13-15)18(23)14-8-11-21(12-9-14)26(24,25)16-6-2-1-3-7-16/h1-3,6-7,14-15H,4-5,8-13H2,(H2,19,22)/t15-/m0/s1. The van der Waals surface area contributed by atoms with Crippen LogP contribution in [-0.4, -0.2) is 55.6 Å². The third-order valence-corrected chi connectivity index (χ3v) is 7.23. The van der Waals surface area contributed by atoms with Crippen LogP contribution < -0.4 is 5.73 Å². The highest BCUT2D eigenvalue weighted by molar-refractivity contribution is 7.89. The Balaban J connectivity index is 1.60. The van der Waals surface area contributed by atoms with Gasteiger partial charge in [-0.05, 0) is 37.8 Å². The summed E-state index contributed by atoms with van der Waals surface area (Å²) in [5.41, 5.74) is 5.38. The minimum absolute atomic E-state index is 0.0210. The van der Waals surface area contributed by atoms with E-state index < -0.39 is 10.0 Å². The van der Waals surface area contributed by atoms with Crippen molar-refractivity contribution in [3.8, 4) is 0 Å². The predicted octanol–water partition coefficient (Wildman–Crippen LogP) is 0.811. The monoisotopic (exact) mass is 379 g/mol. The molecule has 2 aliphatic rings. The zero-order chi connectivity index (χ0) is 18.7. The molecule has 1 aromatic carbocycles. The number of carbonyl (C=O) groups is 2. The maximum atomic E-state index is 12.8. The van der Waals surface area contributed by atoms with Crippen molar-refractivity contribution >= 4 is 21.8 Å². The Hall–Kier alpha value is -1.93. The molecule has 2 heterocycles. The van der Waals surface area contributed by atoms with Crippen LogP contribution in [0.5, 0.6) is 0 Å². The zero-order valence-corrected chi connectivity index (χ0v) is 15.5. The fourth-order valence-corrected chi connectivity index (χ4v) is 5.24. The van der Waals surface area contributed by atoms with E-state index in [1.807, 2.05) is 0 Å². The predicted molar refractivity (Wildman–Crippen MR) is 96.4 cm³/mol. The second-order valence-electron chi connectivity index (χ2n) is 7.02. The summed E-state index contributed by atoms with van der Waals surface area (Å²) in [5.74, 6) is -0.797. The third-order valence-electron chi connectivity index (χ3n) is 5.32. The van der Waals surface area contributed by atoms with E-state index >= 15 is 0 Å². The average molecular weight is 379 g/mol. The van der Waals surface area contributed by atoms with Crippen LogP contribution in [0.4, 0.5) is 0 Å². The molecule has 0 aromatic heterocycles. The minimum Gasteiger partial charge on any atom is -0.369 e. The van der Waals surface area contributed by atoms with Crippen molar-refractivity contribution in [3.63, 3.8) is 0 Å². The molecule has 1 aromatic rings. The van der Waals surface area contributed by atoms with E-state index in [1.165, 1.54) is 4.31 Å². The van der Waals surface area contributed by atoms with Gasteiger partial charge in [-0.15, -0.1) is 0 Å². The van der Waals surface area contributed by atoms with E-state index in [2.05, 4.69) is 0 Å². The number of benzene rings is 1. The van der Waals surface area contributed by atoms with Gasteiger partial charge in [-0.2, -0.15) is 4.31 Å². The molecule has 2 aliphatic heterocycles. The van der Waals surface area contributed by atoms with E-state index in [4.69, 9.17) is 5.73 Å². The van der Waals surface area contributed by atoms with Crippen molar-refractivity contribution in [2.75, 3.05) is 26.2 Å². The molecule has 0 spiro atoms. The maximum absolute atomic E-state index is 12.8. The minimum atomic E-state index is -3.51. The number of primary amides is 1. The number of piperidine rings is 2. The van der Waals surface area contributed by atoms with Crippen LogP contribution in [0.2, 0.25) is 0 Å². The van der Waals surface area contributed by atoms with Crippen molar-refractivity contribution in [3.05, 3.63) is 30.3 Å². The quantitative estimate of drug-likeness (QED) is 0.836. The van der Waals surface area contributed by atoms with Gasteiger partial charge < -0.3 is 10.6 Å². The molecule has 8 heteroatoms. The van der Waals surface area contributed by atoms with Crippen molar-refractivity contribution in [1.29, 1.82) is 0 Å². The van der Waals surface area contributed by atoms with Gasteiger partial charge in [-0.25, -0.2) is 8.42 Å². The highest BCUT2D eigenvalue weighted by Gasteiger charge is 2.35. The Morgan fingerprint density at radius 1 is 0.962 bits per heavy atom. The lowest BCUT2D eigenvalue weighted by molar-refractivity contribution is -0.139. The SMILES string of the molecule is NC(=O)[C@H]1CCCN(C(=O)C2CCN(S(=O)(=O)c3ccccc3)CC2)C1. The summed E-state index contributed by atoms with van der Waals surface area (Å²) in [5, 5.41) is 0. The molecular weight excluding hydrogens is 354 g/mol. The summed E-state index contributed by atoms with van der Waals surface area (Å²) in [6, 6.07) is 8.36. The van der Waals surface area contributed by atoms with E-state index in [-0.39, 0.29) is 28.5 Å². The second-order valence-corrected chi connectivity index (χ2v) is 8.96. The summed E-state index contributed by atoms with van der Waals surface area (Å²) in [4.78, 5) is 26.2. The van der Waals surface area contributed by atoms with E-state index in [0.717, 1.165) is 12.8 Å². The molecule has 2 N–H and O–H groups in total. The zero-order valence-electron chi connectivity index (χ0n) is 14.7. The second kappa shape index (κ2) is 7.75. The maximum Gasteiger partial charge on any atom is 0.243 e. The van der Waals surface area contributed by atoms with E-state index in [9.17, 15) is 18.0 Å². The summed E-state index contributed by atoms with van der Waals surface area (Å²) in [6.45, 7) is 1.70. The first-order chi connectivity index (χ1) is 12.4. The fraction of sp³-hybridized carbons (Fsp3) is 0.556. The van der Waals surface area contributed by atoms with Gasteiger partial charge in [-0.3, -0.25) is 9.59 Å². The first kappa shape index (κ1) is 18.8. The number of nitrogens with two attached hydrogens (primary N) is 1. The number of sulfonamides is 1. The molecule has 2 amide bonds. The Kier molecular flexibility index (Phi) is 5.62. The highest BCUT2D eigenvalue weighted by atomic mass is 32.2. The number of hydrogen-bond donors (Lipinski definition) is 1. The number of rotatable bonds is 4. The molecule has 0 unspecified atom stereocenters. The Labute approximate surface area is 154 Å². The summed E-state index contributed by atoms with van der Waals surface area (Å²) < 4.78 is 26.8.